The first-order valence-corrected chi connectivity index (χ1v) is 12.2. The number of rotatable bonds is 7. The average Bonchev–Trinajstić information content (AvgIpc) is 2.80. The number of aromatic nitrogens is 2. The van der Waals surface area contributed by atoms with Crippen LogP contribution in [0.2, 0.25) is 0 Å². The lowest BCUT2D eigenvalue weighted by molar-refractivity contribution is 0.0689. The Bertz CT molecular complexity index is 1070. The molecular weight excluding hydrogens is 416 g/mol. The molecule has 0 aliphatic carbocycles. The van der Waals surface area contributed by atoms with Crippen LogP contribution in [0.1, 0.15) is 55.6 Å². The molecule has 1 atom stereocenters. The number of nitrogens with zero attached hydrogens (tertiary/aromatic N) is 4. The molecule has 0 radical (unpaired) electrons. The van der Waals surface area contributed by atoms with Crippen LogP contribution in [0.25, 0.3) is 0 Å². The molecule has 1 aliphatic heterocycles. The maximum absolute atomic E-state index is 13.0. The Kier molecular flexibility index (Phi) is 7.27. The fraction of sp³-hybridized carbons (Fsp3) is 0.500. The van der Waals surface area contributed by atoms with Gasteiger partial charge in [-0.3, -0.25) is 9.59 Å². The van der Waals surface area contributed by atoms with E-state index >= 15 is 0 Å². The molecule has 0 saturated carbocycles. The number of carbonyl (C=O) groups excluding carboxylic acids is 1. The van der Waals surface area contributed by atoms with Crippen molar-refractivity contribution >= 4 is 15.9 Å². The normalized spacial score (nSPS) is 16.3. The van der Waals surface area contributed by atoms with Crippen molar-refractivity contribution in [2.75, 3.05) is 26.2 Å². The minimum atomic E-state index is -3.61. The van der Waals surface area contributed by atoms with Crippen molar-refractivity contribution in [3.63, 3.8) is 0 Å². The molecule has 1 aromatic heterocycles. The molecule has 8 nitrogen and oxygen atoms in total. The lowest BCUT2D eigenvalue weighted by atomic mass is 9.99. The maximum Gasteiger partial charge on any atom is 0.274 e. The Morgan fingerprint density at radius 2 is 1.68 bits per heavy atom. The van der Waals surface area contributed by atoms with Crippen LogP contribution in [0, 0.1) is 0 Å². The third kappa shape index (κ3) is 5.04. The van der Waals surface area contributed by atoms with Gasteiger partial charge in [0.1, 0.15) is 5.69 Å². The van der Waals surface area contributed by atoms with Crippen LogP contribution in [0.3, 0.4) is 0 Å². The van der Waals surface area contributed by atoms with E-state index in [1.54, 1.807) is 17.0 Å². The summed E-state index contributed by atoms with van der Waals surface area (Å²) in [5, 5.41) is 4.16. The molecular formula is C22H30N4O4S. The van der Waals surface area contributed by atoms with Gasteiger partial charge < -0.3 is 4.90 Å². The van der Waals surface area contributed by atoms with Crippen LogP contribution in [-0.4, -0.2) is 59.5 Å². The van der Waals surface area contributed by atoms with Crippen LogP contribution in [0.5, 0.6) is 0 Å². The SMILES string of the molecule is CCCn1nc(C(=O)N2CCN(S(=O)(=O)c3ccc(C(C)CC)cc3)CC2)ccc1=O. The van der Waals surface area contributed by atoms with E-state index in [0.717, 1.165) is 18.4 Å². The summed E-state index contributed by atoms with van der Waals surface area (Å²) >= 11 is 0. The van der Waals surface area contributed by atoms with Gasteiger partial charge >= 0.3 is 0 Å². The van der Waals surface area contributed by atoms with Crippen molar-refractivity contribution in [3.8, 4) is 0 Å². The van der Waals surface area contributed by atoms with E-state index in [-0.39, 0.29) is 48.2 Å². The van der Waals surface area contributed by atoms with E-state index in [1.165, 1.54) is 21.1 Å². The number of amides is 1. The summed E-state index contributed by atoms with van der Waals surface area (Å²) in [7, 11) is -3.61. The predicted octanol–water partition coefficient (Wildman–Crippen LogP) is 2.31. The first kappa shape index (κ1) is 23.1. The van der Waals surface area contributed by atoms with Gasteiger partial charge in [0.25, 0.3) is 11.5 Å². The summed E-state index contributed by atoms with van der Waals surface area (Å²) in [5.41, 5.74) is 1.08. The molecule has 1 saturated heterocycles. The highest BCUT2D eigenvalue weighted by atomic mass is 32.2. The highest BCUT2D eigenvalue weighted by molar-refractivity contribution is 7.89. The number of hydrogen-bond donors (Lipinski definition) is 0. The zero-order valence-electron chi connectivity index (χ0n) is 18.3. The van der Waals surface area contributed by atoms with Crippen LogP contribution in [-0.2, 0) is 16.6 Å². The third-order valence-corrected chi connectivity index (χ3v) is 7.66. The third-order valence-electron chi connectivity index (χ3n) is 5.75. The fourth-order valence-corrected chi connectivity index (χ4v) is 5.00. The van der Waals surface area contributed by atoms with Crippen LogP contribution in [0.4, 0.5) is 0 Å². The molecule has 1 aliphatic rings. The first-order valence-electron chi connectivity index (χ1n) is 10.8. The summed E-state index contributed by atoms with van der Waals surface area (Å²) in [5.74, 6) is 0.0893. The second kappa shape index (κ2) is 9.74. The second-order valence-corrected chi connectivity index (χ2v) is 9.79. The summed E-state index contributed by atoms with van der Waals surface area (Å²) < 4.78 is 28.7. The lowest BCUT2D eigenvalue weighted by Gasteiger charge is -2.33. The van der Waals surface area contributed by atoms with Crippen LogP contribution < -0.4 is 5.56 Å². The standard InChI is InChI=1S/C22H30N4O4S/c1-4-12-26-21(27)11-10-20(23-26)22(28)24-13-15-25(16-14-24)31(29,30)19-8-6-18(7-9-19)17(3)5-2/h6-11,17H,4-5,12-16H2,1-3H3. The van der Waals surface area contributed by atoms with Gasteiger partial charge in [0.2, 0.25) is 10.0 Å². The molecule has 2 aromatic rings. The van der Waals surface area contributed by atoms with Crippen molar-refractivity contribution in [3.05, 3.63) is 58.0 Å². The highest BCUT2D eigenvalue weighted by Crippen LogP contribution is 2.23. The zero-order valence-corrected chi connectivity index (χ0v) is 19.1. The van der Waals surface area contributed by atoms with Gasteiger partial charge in [0.15, 0.2) is 0 Å². The molecule has 168 valence electrons. The Hall–Kier alpha value is -2.52. The number of benzene rings is 1. The Balaban J connectivity index is 1.68. The minimum absolute atomic E-state index is 0.199. The Labute approximate surface area is 183 Å². The molecule has 0 N–H and O–H groups in total. The molecule has 1 unspecified atom stereocenters. The van der Waals surface area contributed by atoms with Gasteiger partial charge in [0.05, 0.1) is 4.90 Å². The number of aryl methyl sites for hydroxylation is 1. The first-order chi connectivity index (χ1) is 14.8. The average molecular weight is 447 g/mol. The molecule has 9 heteroatoms. The summed E-state index contributed by atoms with van der Waals surface area (Å²) in [4.78, 5) is 26.5. The van der Waals surface area contributed by atoms with Crippen LogP contribution in [0.15, 0.2) is 46.1 Å². The quantitative estimate of drug-likeness (QED) is 0.651. The smallest absolute Gasteiger partial charge is 0.274 e. The van der Waals surface area contributed by atoms with Gasteiger partial charge in [-0.1, -0.05) is 32.9 Å². The molecule has 1 amide bonds. The Morgan fingerprint density at radius 3 is 2.26 bits per heavy atom. The number of carbonyl (C=O) groups is 1. The van der Waals surface area contributed by atoms with E-state index < -0.39 is 10.0 Å². The van der Waals surface area contributed by atoms with Crippen LogP contribution >= 0.6 is 0 Å². The van der Waals surface area contributed by atoms with Gasteiger partial charge in [-0.25, -0.2) is 13.1 Å². The minimum Gasteiger partial charge on any atom is -0.335 e. The van der Waals surface area contributed by atoms with E-state index in [1.807, 2.05) is 19.1 Å². The van der Waals surface area contributed by atoms with E-state index in [0.29, 0.717) is 12.5 Å². The summed E-state index contributed by atoms with van der Waals surface area (Å²) in [6, 6.07) is 9.85. The van der Waals surface area contributed by atoms with Gasteiger partial charge in [0, 0.05) is 38.8 Å². The van der Waals surface area contributed by atoms with Crippen molar-refractivity contribution < 1.29 is 13.2 Å². The van der Waals surface area contributed by atoms with Gasteiger partial charge in [-0.15, -0.1) is 0 Å². The topological polar surface area (TPSA) is 92.6 Å². The molecule has 3 rings (SSSR count). The van der Waals surface area contributed by atoms with Gasteiger partial charge in [-0.2, -0.15) is 9.40 Å². The van der Waals surface area contributed by atoms with E-state index in [4.69, 9.17) is 0 Å². The largest absolute Gasteiger partial charge is 0.335 e. The monoisotopic (exact) mass is 446 g/mol. The van der Waals surface area contributed by atoms with E-state index in [2.05, 4.69) is 18.9 Å². The van der Waals surface area contributed by atoms with Crippen molar-refractivity contribution in [1.29, 1.82) is 0 Å². The number of piperazine rings is 1. The second-order valence-electron chi connectivity index (χ2n) is 7.85. The number of sulfonamides is 1. The zero-order chi connectivity index (χ0) is 22.6. The predicted molar refractivity (Wildman–Crippen MR) is 119 cm³/mol. The highest BCUT2D eigenvalue weighted by Gasteiger charge is 2.31. The maximum atomic E-state index is 13.0. The molecule has 1 aromatic carbocycles. The summed E-state index contributed by atoms with van der Waals surface area (Å²) in [6.07, 6.45) is 1.73. The molecule has 0 bridgehead atoms. The van der Waals surface area contributed by atoms with Crippen molar-refractivity contribution in [2.24, 2.45) is 0 Å². The van der Waals surface area contributed by atoms with Crippen molar-refractivity contribution in [1.82, 2.24) is 19.0 Å². The van der Waals surface area contributed by atoms with Crippen molar-refractivity contribution in [2.45, 2.75) is 51.0 Å². The molecule has 0 spiro atoms. The fourth-order valence-electron chi connectivity index (χ4n) is 3.58. The van der Waals surface area contributed by atoms with Gasteiger partial charge in [-0.05, 0) is 42.5 Å². The Morgan fingerprint density at radius 1 is 1.03 bits per heavy atom. The molecule has 1 fully saturated rings. The summed E-state index contributed by atoms with van der Waals surface area (Å²) in [6.45, 7) is 7.58. The molecule has 31 heavy (non-hydrogen) atoms. The van der Waals surface area contributed by atoms with E-state index in [9.17, 15) is 18.0 Å². The molecule has 2 heterocycles. The number of hydrogen-bond acceptors (Lipinski definition) is 5. The lowest BCUT2D eigenvalue weighted by Crippen LogP contribution is -2.50.